The molecule has 3 rings (SSSR count). The molecular formula is C18H19N3O3S. The van der Waals surface area contributed by atoms with E-state index in [-0.39, 0.29) is 0 Å². The minimum Gasteiger partial charge on any atom is -0.497 e. The van der Waals surface area contributed by atoms with E-state index in [1.807, 2.05) is 42.6 Å². The van der Waals surface area contributed by atoms with Crippen LogP contribution in [0, 0.1) is 6.92 Å². The van der Waals surface area contributed by atoms with Gasteiger partial charge in [0.2, 0.25) is 4.80 Å². The SMILES string of the molecule is CN=c1scc(-c2ccc(OC)cc2OC)n1/N=C\c1ccc(C)o1. The van der Waals surface area contributed by atoms with E-state index in [0.29, 0.717) is 11.5 Å². The molecule has 0 fully saturated rings. The van der Waals surface area contributed by atoms with Gasteiger partial charge in [-0.05, 0) is 31.2 Å². The molecule has 0 amide bonds. The van der Waals surface area contributed by atoms with Gasteiger partial charge in [-0.1, -0.05) is 0 Å². The normalized spacial score (nSPS) is 12.1. The van der Waals surface area contributed by atoms with Crippen molar-refractivity contribution in [2.45, 2.75) is 6.92 Å². The lowest BCUT2D eigenvalue weighted by Gasteiger charge is -2.10. The van der Waals surface area contributed by atoms with E-state index in [1.165, 1.54) is 11.3 Å². The number of rotatable bonds is 5. The van der Waals surface area contributed by atoms with Gasteiger partial charge in [0.15, 0.2) is 0 Å². The molecule has 0 saturated carbocycles. The molecule has 7 heteroatoms. The van der Waals surface area contributed by atoms with Crippen LogP contribution in [0.5, 0.6) is 11.5 Å². The molecule has 0 aliphatic heterocycles. The van der Waals surface area contributed by atoms with Crippen LogP contribution in [0.25, 0.3) is 11.3 Å². The molecule has 0 spiro atoms. The summed E-state index contributed by atoms with van der Waals surface area (Å²) < 4.78 is 18.1. The van der Waals surface area contributed by atoms with Crippen molar-refractivity contribution in [3.63, 3.8) is 0 Å². The van der Waals surface area contributed by atoms with E-state index in [2.05, 4.69) is 10.1 Å². The first-order valence-electron chi connectivity index (χ1n) is 7.63. The average Bonchev–Trinajstić information content (AvgIpc) is 3.24. The molecule has 130 valence electrons. The Kier molecular flexibility index (Phi) is 5.04. The Labute approximate surface area is 149 Å². The maximum atomic E-state index is 5.54. The number of methoxy groups -OCH3 is 2. The highest BCUT2D eigenvalue weighted by molar-refractivity contribution is 7.07. The van der Waals surface area contributed by atoms with Crippen molar-refractivity contribution >= 4 is 17.6 Å². The number of furan rings is 1. The van der Waals surface area contributed by atoms with Crippen molar-refractivity contribution in [1.29, 1.82) is 0 Å². The van der Waals surface area contributed by atoms with Crippen LogP contribution in [0.15, 0.2) is 50.2 Å². The molecule has 2 heterocycles. The maximum absolute atomic E-state index is 5.54. The summed E-state index contributed by atoms with van der Waals surface area (Å²) in [6.07, 6.45) is 1.67. The minimum absolute atomic E-state index is 0.686. The molecule has 0 N–H and O–H groups in total. The topological polar surface area (TPSA) is 61.2 Å². The number of hydrogen-bond acceptors (Lipinski definition) is 6. The highest BCUT2D eigenvalue weighted by atomic mass is 32.1. The summed E-state index contributed by atoms with van der Waals surface area (Å²) in [5.41, 5.74) is 1.78. The Morgan fingerprint density at radius 3 is 2.64 bits per heavy atom. The zero-order valence-electron chi connectivity index (χ0n) is 14.5. The molecular weight excluding hydrogens is 338 g/mol. The van der Waals surface area contributed by atoms with Crippen LogP contribution >= 0.6 is 11.3 Å². The summed E-state index contributed by atoms with van der Waals surface area (Å²) in [5.74, 6) is 2.97. The van der Waals surface area contributed by atoms with Crippen molar-refractivity contribution in [3.05, 3.63) is 52.0 Å². The molecule has 0 unspecified atom stereocenters. The molecule has 0 aliphatic carbocycles. The predicted octanol–water partition coefficient (Wildman–Crippen LogP) is 3.55. The van der Waals surface area contributed by atoms with Gasteiger partial charge in [-0.25, -0.2) is 4.68 Å². The standard InChI is InChI=1S/C18H19N3O3S/c1-12-5-6-14(24-12)10-20-21-16(11-25-18(21)19-2)15-8-7-13(22-3)9-17(15)23-4/h5-11H,1-4H3/b19-18?,20-10-. The van der Waals surface area contributed by atoms with E-state index < -0.39 is 0 Å². The Morgan fingerprint density at radius 2 is 2.00 bits per heavy atom. The van der Waals surface area contributed by atoms with Crippen molar-refractivity contribution in [2.24, 2.45) is 10.1 Å². The second-order valence-corrected chi connectivity index (χ2v) is 6.03. The number of ether oxygens (including phenoxy) is 2. The molecule has 25 heavy (non-hydrogen) atoms. The highest BCUT2D eigenvalue weighted by Crippen LogP contribution is 2.33. The van der Waals surface area contributed by atoms with Gasteiger partial charge >= 0.3 is 0 Å². The molecule has 0 atom stereocenters. The van der Waals surface area contributed by atoms with Gasteiger partial charge in [0.1, 0.15) is 23.0 Å². The van der Waals surface area contributed by atoms with Gasteiger partial charge < -0.3 is 13.9 Å². The maximum Gasteiger partial charge on any atom is 0.205 e. The lowest BCUT2D eigenvalue weighted by Crippen LogP contribution is -2.11. The average molecular weight is 357 g/mol. The number of hydrogen-bond donors (Lipinski definition) is 0. The minimum atomic E-state index is 0.686. The molecule has 1 aromatic carbocycles. The number of aromatic nitrogens is 1. The molecule has 2 aromatic heterocycles. The summed E-state index contributed by atoms with van der Waals surface area (Å²) in [5, 5.41) is 6.54. The fourth-order valence-electron chi connectivity index (χ4n) is 2.40. The van der Waals surface area contributed by atoms with Crippen molar-refractivity contribution in [3.8, 4) is 22.8 Å². The zero-order chi connectivity index (χ0) is 17.8. The van der Waals surface area contributed by atoms with Crippen LogP contribution in [0.3, 0.4) is 0 Å². The number of benzene rings is 1. The van der Waals surface area contributed by atoms with E-state index in [0.717, 1.165) is 27.6 Å². The fraction of sp³-hybridized carbons (Fsp3) is 0.222. The van der Waals surface area contributed by atoms with Crippen molar-refractivity contribution < 1.29 is 13.9 Å². The number of thiazole rings is 1. The lowest BCUT2D eigenvalue weighted by molar-refractivity contribution is 0.395. The van der Waals surface area contributed by atoms with Crippen LogP contribution in [0.4, 0.5) is 0 Å². The van der Waals surface area contributed by atoms with Crippen LogP contribution in [-0.2, 0) is 0 Å². The Morgan fingerprint density at radius 1 is 1.16 bits per heavy atom. The van der Waals surface area contributed by atoms with E-state index in [4.69, 9.17) is 13.9 Å². The number of nitrogens with zero attached hydrogens (tertiary/aromatic N) is 3. The molecule has 0 aliphatic rings. The molecule has 3 aromatic rings. The third-order valence-corrected chi connectivity index (χ3v) is 4.53. The fourth-order valence-corrected chi connectivity index (χ4v) is 3.19. The smallest absolute Gasteiger partial charge is 0.205 e. The largest absolute Gasteiger partial charge is 0.497 e. The summed E-state index contributed by atoms with van der Waals surface area (Å²) in [7, 11) is 5.00. The van der Waals surface area contributed by atoms with E-state index >= 15 is 0 Å². The van der Waals surface area contributed by atoms with Crippen molar-refractivity contribution in [1.82, 2.24) is 4.68 Å². The molecule has 6 nitrogen and oxygen atoms in total. The van der Waals surface area contributed by atoms with Gasteiger partial charge in [0, 0.05) is 24.1 Å². The third kappa shape index (κ3) is 3.51. The quantitative estimate of drug-likeness (QED) is 0.656. The summed E-state index contributed by atoms with van der Waals surface area (Å²) in [4.78, 5) is 5.07. The van der Waals surface area contributed by atoms with E-state index in [9.17, 15) is 0 Å². The highest BCUT2D eigenvalue weighted by Gasteiger charge is 2.13. The second-order valence-electron chi connectivity index (χ2n) is 5.20. The molecule has 0 saturated heterocycles. The Balaban J connectivity index is 2.09. The first-order valence-corrected chi connectivity index (χ1v) is 8.50. The van der Waals surface area contributed by atoms with Gasteiger partial charge in [0.05, 0.1) is 26.1 Å². The monoisotopic (exact) mass is 357 g/mol. The van der Waals surface area contributed by atoms with Gasteiger partial charge in [-0.3, -0.25) is 4.99 Å². The van der Waals surface area contributed by atoms with Crippen LogP contribution < -0.4 is 14.3 Å². The zero-order valence-corrected chi connectivity index (χ0v) is 15.3. The lowest BCUT2D eigenvalue weighted by atomic mass is 10.1. The van der Waals surface area contributed by atoms with Gasteiger partial charge in [-0.2, -0.15) is 5.10 Å². The summed E-state index contributed by atoms with van der Waals surface area (Å²) >= 11 is 1.51. The van der Waals surface area contributed by atoms with Gasteiger partial charge in [-0.15, -0.1) is 11.3 Å². The van der Waals surface area contributed by atoms with Crippen LogP contribution in [0.2, 0.25) is 0 Å². The van der Waals surface area contributed by atoms with Crippen LogP contribution in [-0.4, -0.2) is 32.2 Å². The Bertz CT molecular complexity index is 966. The summed E-state index contributed by atoms with van der Waals surface area (Å²) in [6, 6.07) is 9.46. The van der Waals surface area contributed by atoms with Gasteiger partial charge in [0.25, 0.3) is 0 Å². The van der Waals surface area contributed by atoms with Crippen molar-refractivity contribution in [2.75, 3.05) is 21.3 Å². The Hall–Kier alpha value is -2.80. The first-order chi connectivity index (χ1) is 12.2. The molecule has 0 radical (unpaired) electrons. The predicted molar refractivity (Wildman–Crippen MR) is 98.8 cm³/mol. The summed E-state index contributed by atoms with van der Waals surface area (Å²) in [6.45, 7) is 1.90. The molecule has 0 bridgehead atoms. The number of aryl methyl sites for hydroxylation is 1. The van der Waals surface area contributed by atoms with Crippen LogP contribution in [0.1, 0.15) is 11.5 Å². The first kappa shape index (κ1) is 17.0. The van der Waals surface area contributed by atoms with E-state index in [1.54, 1.807) is 32.2 Å². The second kappa shape index (κ2) is 7.40. The third-order valence-electron chi connectivity index (χ3n) is 3.62.